The first kappa shape index (κ1) is 15.3. The average molecular weight is 309 g/mol. The van der Waals surface area contributed by atoms with Crippen LogP contribution in [0.5, 0.6) is 5.75 Å². The normalized spacial score (nSPS) is 13.3. The van der Waals surface area contributed by atoms with E-state index in [1.807, 2.05) is 32.0 Å². The Balaban J connectivity index is 2.01. The fraction of sp³-hybridized carbons (Fsp3) is 0.263. The minimum Gasteiger partial charge on any atom is -0.490 e. The Morgan fingerprint density at radius 3 is 2.43 bits per heavy atom. The van der Waals surface area contributed by atoms with Gasteiger partial charge in [0.25, 0.3) is 5.91 Å². The summed E-state index contributed by atoms with van der Waals surface area (Å²) in [5.74, 6) is 0.536. The second kappa shape index (κ2) is 5.88. The fourth-order valence-electron chi connectivity index (χ4n) is 2.68. The van der Waals surface area contributed by atoms with Crippen LogP contribution in [0.25, 0.3) is 0 Å². The highest BCUT2D eigenvalue weighted by Gasteiger charge is 2.25. The summed E-state index contributed by atoms with van der Waals surface area (Å²) in [6.07, 6.45) is 0. The molecule has 1 aliphatic rings. The zero-order valence-electron chi connectivity index (χ0n) is 13.6. The number of ether oxygens (including phenoxy) is 1. The number of carbonyl (C=O) groups excluding carboxylic acids is 2. The number of fused-ring (bicyclic) bond motifs is 1. The van der Waals surface area contributed by atoms with Gasteiger partial charge in [-0.05, 0) is 62.2 Å². The third kappa shape index (κ3) is 2.84. The molecule has 0 spiro atoms. The number of hydrogen-bond acceptors (Lipinski definition) is 3. The molecule has 0 aromatic heterocycles. The molecule has 0 bridgehead atoms. The van der Waals surface area contributed by atoms with Gasteiger partial charge in [-0.2, -0.15) is 0 Å². The van der Waals surface area contributed by atoms with Gasteiger partial charge in [-0.15, -0.1) is 0 Å². The van der Waals surface area contributed by atoms with Crippen molar-refractivity contribution in [1.82, 2.24) is 0 Å². The SMILES string of the molecule is CC(=O)c1ccc2c(c1)N(C(=O)c1ccc(C)c(C)c1)CCO2. The van der Waals surface area contributed by atoms with Crippen molar-refractivity contribution in [1.29, 1.82) is 0 Å². The molecule has 23 heavy (non-hydrogen) atoms. The first-order chi connectivity index (χ1) is 11.0. The largest absolute Gasteiger partial charge is 0.490 e. The van der Waals surface area contributed by atoms with Gasteiger partial charge in [0.15, 0.2) is 5.78 Å². The predicted octanol–water partition coefficient (Wildman–Crippen LogP) is 3.55. The number of ketones is 1. The Bertz CT molecular complexity index is 795. The molecule has 0 aliphatic carbocycles. The van der Waals surface area contributed by atoms with Gasteiger partial charge in [0.2, 0.25) is 0 Å². The number of anilines is 1. The molecule has 4 heteroatoms. The molecule has 1 heterocycles. The van der Waals surface area contributed by atoms with Crippen LogP contribution in [-0.4, -0.2) is 24.8 Å². The highest BCUT2D eigenvalue weighted by atomic mass is 16.5. The second-order valence-electron chi connectivity index (χ2n) is 5.84. The van der Waals surface area contributed by atoms with E-state index in [1.165, 1.54) is 6.92 Å². The molecule has 118 valence electrons. The van der Waals surface area contributed by atoms with E-state index < -0.39 is 0 Å². The molecule has 0 radical (unpaired) electrons. The molecule has 4 nitrogen and oxygen atoms in total. The van der Waals surface area contributed by atoms with Gasteiger partial charge in [0, 0.05) is 11.1 Å². The van der Waals surface area contributed by atoms with E-state index in [0.29, 0.717) is 35.7 Å². The van der Waals surface area contributed by atoms with Crippen LogP contribution in [0.1, 0.15) is 38.8 Å². The van der Waals surface area contributed by atoms with Crippen LogP contribution in [0, 0.1) is 13.8 Å². The number of carbonyl (C=O) groups is 2. The van der Waals surface area contributed by atoms with Crippen molar-refractivity contribution in [3.8, 4) is 5.75 Å². The number of amides is 1. The lowest BCUT2D eigenvalue weighted by atomic mass is 10.0. The van der Waals surface area contributed by atoms with Crippen molar-refractivity contribution in [3.63, 3.8) is 0 Å². The molecule has 0 unspecified atom stereocenters. The molecule has 1 amide bonds. The zero-order chi connectivity index (χ0) is 16.6. The number of hydrogen-bond donors (Lipinski definition) is 0. The van der Waals surface area contributed by atoms with E-state index in [-0.39, 0.29) is 11.7 Å². The number of benzene rings is 2. The molecule has 1 aliphatic heterocycles. The summed E-state index contributed by atoms with van der Waals surface area (Å²) < 4.78 is 5.61. The fourth-order valence-corrected chi connectivity index (χ4v) is 2.68. The number of rotatable bonds is 2. The summed E-state index contributed by atoms with van der Waals surface area (Å²) in [5.41, 5.74) is 4.12. The average Bonchev–Trinajstić information content (AvgIpc) is 2.55. The minimum absolute atomic E-state index is 0.0306. The predicted molar refractivity (Wildman–Crippen MR) is 89.5 cm³/mol. The lowest BCUT2D eigenvalue weighted by Gasteiger charge is -2.30. The van der Waals surface area contributed by atoms with Gasteiger partial charge in [0.1, 0.15) is 12.4 Å². The summed E-state index contributed by atoms with van der Waals surface area (Å²) in [6, 6.07) is 10.9. The maximum atomic E-state index is 12.9. The topological polar surface area (TPSA) is 46.6 Å². The smallest absolute Gasteiger partial charge is 0.258 e. The van der Waals surface area contributed by atoms with E-state index in [9.17, 15) is 9.59 Å². The first-order valence-electron chi connectivity index (χ1n) is 7.64. The van der Waals surface area contributed by atoms with E-state index in [1.54, 1.807) is 23.1 Å². The van der Waals surface area contributed by atoms with E-state index in [4.69, 9.17) is 4.74 Å². The Hall–Kier alpha value is -2.62. The third-order valence-electron chi connectivity index (χ3n) is 4.23. The monoisotopic (exact) mass is 309 g/mol. The van der Waals surface area contributed by atoms with E-state index in [2.05, 4.69) is 0 Å². The van der Waals surface area contributed by atoms with Gasteiger partial charge in [-0.3, -0.25) is 9.59 Å². The molecule has 0 N–H and O–H groups in total. The standard InChI is InChI=1S/C19H19NO3/c1-12-4-5-16(10-13(12)2)19(22)20-8-9-23-18-7-6-15(14(3)21)11-17(18)20/h4-7,10-11H,8-9H2,1-3H3. The number of Topliss-reactive ketones (excluding diaryl/α,β-unsaturated/α-hetero) is 1. The molecule has 2 aromatic rings. The maximum absolute atomic E-state index is 12.9. The first-order valence-corrected chi connectivity index (χ1v) is 7.64. The van der Waals surface area contributed by atoms with Gasteiger partial charge < -0.3 is 9.64 Å². The van der Waals surface area contributed by atoms with Gasteiger partial charge in [0.05, 0.1) is 12.2 Å². The quantitative estimate of drug-likeness (QED) is 0.797. The van der Waals surface area contributed by atoms with Crippen LogP contribution in [-0.2, 0) is 0 Å². The summed E-state index contributed by atoms with van der Waals surface area (Å²) in [7, 11) is 0. The summed E-state index contributed by atoms with van der Waals surface area (Å²) >= 11 is 0. The van der Waals surface area contributed by atoms with Crippen LogP contribution in [0.15, 0.2) is 36.4 Å². The number of aryl methyl sites for hydroxylation is 2. The molecule has 0 fully saturated rings. The minimum atomic E-state index is -0.0710. The van der Waals surface area contributed by atoms with Crippen LogP contribution in [0.3, 0.4) is 0 Å². The second-order valence-corrected chi connectivity index (χ2v) is 5.84. The van der Waals surface area contributed by atoms with E-state index >= 15 is 0 Å². The molecule has 0 saturated carbocycles. The highest BCUT2D eigenvalue weighted by molar-refractivity contribution is 6.08. The van der Waals surface area contributed by atoms with Crippen LogP contribution in [0.4, 0.5) is 5.69 Å². The van der Waals surface area contributed by atoms with Gasteiger partial charge in [-0.1, -0.05) is 6.07 Å². The van der Waals surface area contributed by atoms with Crippen molar-refractivity contribution in [3.05, 3.63) is 58.7 Å². The molecular formula is C19H19NO3. The van der Waals surface area contributed by atoms with Crippen LogP contribution < -0.4 is 9.64 Å². The van der Waals surface area contributed by atoms with E-state index in [0.717, 1.165) is 11.1 Å². The molecular weight excluding hydrogens is 290 g/mol. The molecule has 3 rings (SSSR count). The Labute approximate surface area is 135 Å². The van der Waals surface area contributed by atoms with Crippen molar-refractivity contribution in [2.45, 2.75) is 20.8 Å². The highest BCUT2D eigenvalue weighted by Crippen LogP contribution is 2.33. The maximum Gasteiger partial charge on any atom is 0.258 e. The lowest BCUT2D eigenvalue weighted by Crippen LogP contribution is -2.38. The van der Waals surface area contributed by atoms with Gasteiger partial charge in [-0.25, -0.2) is 0 Å². The lowest BCUT2D eigenvalue weighted by molar-refractivity contribution is 0.0973. The zero-order valence-corrected chi connectivity index (χ0v) is 13.6. The molecule has 2 aromatic carbocycles. The van der Waals surface area contributed by atoms with Crippen molar-refractivity contribution < 1.29 is 14.3 Å². The summed E-state index contributed by atoms with van der Waals surface area (Å²) in [4.78, 5) is 26.2. The molecule has 0 saturated heterocycles. The van der Waals surface area contributed by atoms with Crippen molar-refractivity contribution >= 4 is 17.4 Å². The molecule has 0 atom stereocenters. The van der Waals surface area contributed by atoms with Crippen LogP contribution >= 0.6 is 0 Å². The third-order valence-corrected chi connectivity index (χ3v) is 4.23. The summed E-state index contributed by atoms with van der Waals surface area (Å²) in [6.45, 7) is 6.45. The number of nitrogens with zero attached hydrogens (tertiary/aromatic N) is 1. The summed E-state index contributed by atoms with van der Waals surface area (Å²) in [5, 5.41) is 0. The Morgan fingerprint density at radius 2 is 1.74 bits per heavy atom. The Morgan fingerprint density at radius 1 is 1.00 bits per heavy atom. The van der Waals surface area contributed by atoms with Gasteiger partial charge >= 0.3 is 0 Å². The Kier molecular flexibility index (Phi) is 3.90. The van der Waals surface area contributed by atoms with Crippen molar-refractivity contribution in [2.75, 3.05) is 18.1 Å². The van der Waals surface area contributed by atoms with Crippen LogP contribution in [0.2, 0.25) is 0 Å². The van der Waals surface area contributed by atoms with Crippen molar-refractivity contribution in [2.24, 2.45) is 0 Å².